The molecule has 0 spiro atoms. The van der Waals surface area contributed by atoms with Gasteiger partial charge in [0.2, 0.25) is 11.7 Å². The number of rotatable bonds is 7. The van der Waals surface area contributed by atoms with Crippen LogP contribution in [0.4, 0.5) is 4.79 Å². The summed E-state index contributed by atoms with van der Waals surface area (Å²) in [5.74, 6) is 1.22. The summed E-state index contributed by atoms with van der Waals surface area (Å²) in [7, 11) is 3.08. The Balaban J connectivity index is 1.30. The van der Waals surface area contributed by atoms with Crippen molar-refractivity contribution in [2.75, 3.05) is 14.2 Å². The van der Waals surface area contributed by atoms with Crippen LogP contribution in [-0.4, -0.2) is 52.2 Å². The fraction of sp³-hybridized carbons (Fsp3) is 0.217. The molecule has 1 aliphatic rings. The van der Waals surface area contributed by atoms with Gasteiger partial charge in [0.1, 0.15) is 12.6 Å². The van der Waals surface area contributed by atoms with Gasteiger partial charge in [-0.1, -0.05) is 23.4 Å². The maximum absolute atomic E-state index is 12.9. The molecule has 1 saturated heterocycles. The fourth-order valence-corrected chi connectivity index (χ4v) is 3.93. The lowest BCUT2D eigenvalue weighted by Crippen LogP contribution is -2.32. The number of imide groups is 1. The van der Waals surface area contributed by atoms with E-state index in [1.165, 1.54) is 7.11 Å². The van der Waals surface area contributed by atoms with E-state index in [0.717, 1.165) is 21.4 Å². The average molecular weight is 447 g/mol. The van der Waals surface area contributed by atoms with E-state index < -0.39 is 12.1 Å². The highest BCUT2D eigenvalue weighted by Crippen LogP contribution is 2.31. The number of fused-ring (bicyclic) bond motifs is 1. The van der Waals surface area contributed by atoms with Crippen molar-refractivity contribution < 1.29 is 23.6 Å². The molecule has 2 N–H and O–H groups in total. The number of aromatic nitrogens is 3. The van der Waals surface area contributed by atoms with Gasteiger partial charge in [-0.3, -0.25) is 9.69 Å². The van der Waals surface area contributed by atoms with Crippen LogP contribution < -0.4 is 14.8 Å². The molecule has 3 heterocycles. The van der Waals surface area contributed by atoms with E-state index in [1.54, 1.807) is 25.3 Å². The second-order valence-electron chi connectivity index (χ2n) is 7.57. The van der Waals surface area contributed by atoms with E-state index in [0.29, 0.717) is 29.3 Å². The molecule has 1 unspecified atom stereocenters. The largest absolute Gasteiger partial charge is 0.493 e. The number of H-pyrrole nitrogens is 1. The van der Waals surface area contributed by atoms with Crippen molar-refractivity contribution in [2.24, 2.45) is 0 Å². The van der Waals surface area contributed by atoms with Crippen LogP contribution in [0, 0.1) is 0 Å². The number of hydrogen-bond donors (Lipinski definition) is 2. The molecule has 5 rings (SSSR count). The highest BCUT2D eigenvalue weighted by atomic mass is 16.5. The van der Waals surface area contributed by atoms with E-state index in [2.05, 4.69) is 20.4 Å². The third-order valence-corrected chi connectivity index (χ3v) is 5.61. The maximum Gasteiger partial charge on any atom is 0.325 e. The van der Waals surface area contributed by atoms with E-state index in [-0.39, 0.29) is 18.3 Å². The number of para-hydroxylation sites is 1. The first-order valence-electron chi connectivity index (χ1n) is 10.3. The lowest BCUT2D eigenvalue weighted by Gasteiger charge is -2.10. The second-order valence-corrected chi connectivity index (χ2v) is 7.57. The summed E-state index contributed by atoms with van der Waals surface area (Å²) < 4.78 is 15.8. The van der Waals surface area contributed by atoms with Crippen LogP contribution in [0.5, 0.6) is 11.5 Å². The quantitative estimate of drug-likeness (QED) is 0.418. The van der Waals surface area contributed by atoms with Gasteiger partial charge < -0.3 is 24.3 Å². The van der Waals surface area contributed by atoms with Crippen LogP contribution in [0.2, 0.25) is 0 Å². The number of benzene rings is 2. The molecule has 2 aromatic carbocycles. The molecule has 10 heteroatoms. The number of methoxy groups -OCH3 is 2. The van der Waals surface area contributed by atoms with E-state index in [1.807, 2.05) is 30.5 Å². The van der Waals surface area contributed by atoms with Crippen LogP contribution in [0.15, 0.2) is 53.2 Å². The van der Waals surface area contributed by atoms with Crippen molar-refractivity contribution in [1.82, 2.24) is 25.3 Å². The molecule has 33 heavy (non-hydrogen) atoms. The van der Waals surface area contributed by atoms with Crippen LogP contribution in [-0.2, 0) is 17.8 Å². The monoisotopic (exact) mass is 447 g/mol. The topological polar surface area (TPSA) is 123 Å². The fourth-order valence-electron chi connectivity index (χ4n) is 3.93. The van der Waals surface area contributed by atoms with E-state index >= 15 is 0 Å². The first-order valence-corrected chi connectivity index (χ1v) is 10.3. The average Bonchev–Trinajstić information content (AvgIpc) is 3.54. The zero-order valence-corrected chi connectivity index (χ0v) is 18.0. The van der Waals surface area contributed by atoms with Crippen molar-refractivity contribution in [3.05, 3.63) is 60.1 Å². The molecular weight excluding hydrogens is 426 g/mol. The predicted octanol–water partition coefficient (Wildman–Crippen LogP) is 2.90. The van der Waals surface area contributed by atoms with Crippen molar-refractivity contribution in [3.8, 4) is 22.9 Å². The van der Waals surface area contributed by atoms with Crippen LogP contribution in [0.1, 0.15) is 11.5 Å². The Morgan fingerprint density at radius 1 is 1.09 bits per heavy atom. The molecule has 2 aromatic heterocycles. The Morgan fingerprint density at radius 2 is 1.91 bits per heavy atom. The number of amides is 3. The van der Waals surface area contributed by atoms with Crippen molar-refractivity contribution >= 4 is 22.8 Å². The van der Waals surface area contributed by atoms with E-state index in [4.69, 9.17) is 14.0 Å². The Bertz CT molecular complexity index is 1340. The lowest BCUT2D eigenvalue weighted by molar-refractivity contribution is -0.128. The zero-order valence-electron chi connectivity index (χ0n) is 18.0. The summed E-state index contributed by atoms with van der Waals surface area (Å²) in [5, 5.41) is 7.74. The minimum atomic E-state index is -0.662. The number of aromatic amines is 1. The van der Waals surface area contributed by atoms with Crippen molar-refractivity contribution in [1.29, 1.82) is 0 Å². The normalized spacial score (nSPS) is 15.8. The second kappa shape index (κ2) is 8.30. The van der Waals surface area contributed by atoms with Gasteiger partial charge in [0, 0.05) is 29.1 Å². The molecule has 4 aromatic rings. The van der Waals surface area contributed by atoms with Gasteiger partial charge in [0.15, 0.2) is 11.5 Å². The minimum absolute atomic E-state index is 0.116. The highest BCUT2D eigenvalue weighted by Gasteiger charge is 2.39. The lowest BCUT2D eigenvalue weighted by atomic mass is 10.1. The summed E-state index contributed by atoms with van der Waals surface area (Å²) in [5.41, 5.74) is 2.59. The summed E-state index contributed by atoms with van der Waals surface area (Å²) in [6.45, 7) is -0.116. The van der Waals surface area contributed by atoms with Crippen LogP contribution in [0.25, 0.3) is 22.3 Å². The smallest absolute Gasteiger partial charge is 0.325 e. The predicted molar refractivity (Wildman–Crippen MR) is 118 cm³/mol. The van der Waals surface area contributed by atoms with Gasteiger partial charge in [-0.2, -0.15) is 4.98 Å². The maximum atomic E-state index is 12.9. The number of nitrogens with zero attached hydrogens (tertiary/aromatic N) is 3. The Labute approximate surface area is 188 Å². The molecule has 0 aliphatic carbocycles. The Kier molecular flexibility index (Phi) is 5.17. The van der Waals surface area contributed by atoms with Crippen molar-refractivity contribution in [3.63, 3.8) is 0 Å². The number of urea groups is 1. The Morgan fingerprint density at radius 3 is 2.73 bits per heavy atom. The van der Waals surface area contributed by atoms with E-state index in [9.17, 15) is 9.59 Å². The van der Waals surface area contributed by atoms with Gasteiger partial charge in [-0.15, -0.1) is 0 Å². The molecule has 0 saturated carbocycles. The number of carbonyl (C=O) groups excluding carboxylic acids is 2. The van der Waals surface area contributed by atoms with Crippen LogP contribution >= 0.6 is 0 Å². The molecule has 1 fully saturated rings. The first-order chi connectivity index (χ1) is 16.1. The standard InChI is InChI=1S/C23H21N5O5/c1-31-18-8-7-13(10-19(18)32-2)21-26-20(33-27-21)12-28-22(29)17(25-23(28)30)9-14-11-24-16-6-4-3-5-15(14)16/h3-8,10-11,17,24H,9,12H2,1-2H3,(H,25,30). The van der Waals surface area contributed by atoms with Gasteiger partial charge in [0.25, 0.3) is 5.91 Å². The molecular formula is C23H21N5O5. The molecule has 10 nitrogen and oxygen atoms in total. The number of nitrogens with one attached hydrogen (secondary N) is 2. The Hall–Kier alpha value is -4.34. The van der Waals surface area contributed by atoms with Gasteiger partial charge in [0.05, 0.1) is 14.2 Å². The summed E-state index contributed by atoms with van der Waals surface area (Å²) in [6.07, 6.45) is 2.24. The number of carbonyl (C=O) groups is 2. The third-order valence-electron chi connectivity index (χ3n) is 5.61. The van der Waals surface area contributed by atoms with Gasteiger partial charge in [-0.05, 0) is 29.8 Å². The SMILES string of the molecule is COc1ccc(-c2noc(CN3C(=O)NC(Cc4c[nH]c5ccccc45)C3=O)n2)cc1OC. The zero-order chi connectivity index (χ0) is 22.9. The molecule has 0 bridgehead atoms. The summed E-state index contributed by atoms with van der Waals surface area (Å²) in [6, 6.07) is 11.9. The minimum Gasteiger partial charge on any atom is -0.493 e. The van der Waals surface area contributed by atoms with Gasteiger partial charge >= 0.3 is 6.03 Å². The molecule has 3 amide bonds. The van der Waals surface area contributed by atoms with Crippen molar-refractivity contribution in [2.45, 2.75) is 19.0 Å². The molecule has 1 aliphatic heterocycles. The molecule has 0 radical (unpaired) electrons. The molecule has 1 atom stereocenters. The highest BCUT2D eigenvalue weighted by molar-refractivity contribution is 6.04. The number of ether oxygens (including phenoxy) is 2. The third kappa shape index (κ3) is 3.75. The van der Waals surface area contributed by atoms with Crippen LogP contribution in [0.3, 0.4) is 0 Å². The first kappa shape index (κ1) is 20.6. The molecule has 168 valence electrons. The number of hydrogen-bond acceptors (Lipinski definition) is 7. The van der Waals surface area contributed by atoms with Gasteiger partial charge in [-0.25, -0.2) is 4.79 Å². The summed E-state index contributed by atoms with van der Waals surface area (Å²) >= 11 is 0. The summed E-state index contributed by atoms with van der Waals surface area (Å²) in [4.78, 5) is 34.0.